The normalized spacial score (nSPS) is 14.2. The van der Waals surface area contributed by atoms with Crippen LogP contribution in [-0.2, 0) is 0 Å². The maximum Gasteiger partial charge on any atom is 0.267 e. The molecule has 152 valence electrons. The summed E-state index contributed by atoms with van der Waals surface area (Å²) in [5.41, 5.74) is 3.02. The van der Waals surface area contributed by atoms with Gasteiger partial charge < -0.3 is 19.8 Å². The molecule has 0 spiro atoms. The quantitative estimate of drug-likeness (QED) is 0.488. The van der Waals surface area contributed by atoms with Gasteiger partial charge in [-0.1, -0.05) is 11.2 Å². The van der Waals surface area contributed by atoms with Gasteiger partial charge in [0, 0.05) is 36.6 Å². The lowest BCUT2D eigenvalue weighted by Gasteiger charge is -2.28. The van der Waals surface area contributed by atoms with Crippen LogP contribution < -0.4 is 10.2 Å². The third kappa shape index (κ3) is 3.61. The molecule has 0 bridgehead atoms. The molecule has 1 aliphatic heterocycles. The topological polar surface area (TPSA) is 91.5 Å². The largest absolute Gasteiger partial charge is 0.508 e. The van der Waals surface area contributed by atoms with Gasteiger partial charge in [0.05, 0.1) is 11.6 Å². The minimum Gasteiger partial charge on any atom is -0.508 e. The first kappa shape index (κ1) is 18.6. The van der Waals surface area contributed by atoms with Crippen molar-refractivity contribution < 1.29 is 14.4 Å². The molecule has 0 unspecified atom stereocenters. The zero-order chi connectivity index (χ0) is 20.5. The predicted octanol–water partition coefficient (Wildman–Crippen LogP) is 4.90. The summed E-state index contributed by atoms with van der Waals surface area (Å²) in [6.07, 6.45) is 5.25. The van der Waals surface area contributed by atoms with E-state index in [9.17, 15) is 9.90 Å². The molecule has 3 heterocycles. The van der Waals surface area contributed by atoms with Crippen molar-refractivity contribution in [1.82, 2.24) is 10.1 Å². The molecular formula is C22H20N4O3S. The molecule has 0 saturated carbocycles. The Hall–Kier alpha value is -3.39. The van der Waals surface area contributed by atoms with E-state index in [0.29, 0.717) is 26.8 Å². The fourth-order valence-electron chi connectivity index (χ4n) is 3.69. The second-order valence-electron chi connectivity index (χ2n) is 7.29. The fraction of sp³-hybridized carbons (Fsp3) is 0.227. The number of piperidine rings is 1. The first-order valence-electron chi connectivity index (χ1n) is 9.88. The number of nitrogens with zero attached hydrogens (tertiary/aromatic N) is 3. The highest BCUT2D eigenvalue weighted by molar-refractivity contribution is 7.17. The highest BCUT2D eigenvalue weighted by atomic mass is 32.1. The molecule has 0 radical (unpaired) electrons. The standard InChI is InChI=1S/C22H20N4O3S/c27-16-6-4-5-14(11-16)24-21(28)19-13-23-22(30-19)20-17-8-7-15(12-18(17)29-25-20)26-9-2-1-3-10-26/h4-8,11-13,27H,1-3,9-10H2,(H,24,28). The Balaban J connectivity index is 1.38. The summed E-state index contributed by atoms with van der Waals surface area (Å²) in [4.78, 5) is 19.7. The Kier molecular flexibility index (Phi) is 4.84. The monoisotopic (exact) mass is 420 g/mol. The van der Waals surface area contributed by atoms with Crippen LogP contribution in [0.3, 0.4) is 0 Å². The number of aromatic hydroxyl groups is 1. The Morgan fingerprint density at radius 1 is 1.13 bits per heavy atom. The number of carbonyl (C=O) groups is 1. The van der Waals surface area contributed by atoms with Gasteiger partial charge in [0.2, 0.25) is 0 Å². The maximum atomic E-state index is 12.5. The van der Waals surface area contributed by atoms with Gasteiger partial charge in [0.25, 0.3) is 5.91 Å². The van der Waals surface area contributed by atoms with Crippen molar-refractivity contribution in [2.24, 2.45) is 0 Å². The van der Waals surface area contributed by atoms with E-state index in [0.717, 1.165) is 24.2 Å². The van der Waals surface area contributed by atoms with Gasteiger partial charge in [0.15, 0.2) is 5.58 Å². The van der Waals surface area contributed by atoms with E-state index in [1.807, 2.05) is 12.1 Å². The number of hydrogen-bond donors (Lipinski definition) is 2. The lowest BCUT2D eigenvalue weighted by atomic mass is 10.1. The van der Waals surface area contributed by atoms with E-state index in [1.54, 1.807) is 18.2 Å². The minimum atomic E-state index is -0.287. The van der Waals surface area contributed by atoms with Crippen molar-refractivity contribution in [3.8, 4) is 16.5 Å². The van der Waals surface area contributed by atoms with Crippen LogP contribution >= 0.6 is 11.3 Å². The summed E-state index contributed by atoms with van der Waals surface area (Å²) in [5, 5.41) is 18.0. The zero-order valence-electron chi connectivity index (χ0n) is 16.2. The Bertz CT molecular complexity index is 1210. The minimum absolute atomic E-state index is 0.0933. The number of phenolic OH excluding ortho intramolecular Hbond substituents is 1. The first-order chi connectivity index (χ1) is 14.7. The van der Waals surface area contributed by atoms with Crippen LogP contribution in [0.4, 0.5) is 11.4 Å². The van der Waals surface area contributed by atoms with Crippen molar-refractivity contribution in [3.63, 3.8) is 0 Å². The van der Waals surface area contributed by atoms with Crippen molar-refractivity contribution in [3.05, 3.63) is 53.5 Å². The first-order valence-corrected chi connectivity index (χ1v) is 10.7. The molecule has 7 nitrogen and oxygen atoms in total. The summed E-state index contributed by atoms with van der Waals surface area (Å²) in [5.74, 6) is -0.194. The fourth-order valence-corrected chi connectivity index (χ4v) is 4.50. The molecule has 1 fully saturated rings. The van der Waals surface area contributed by atoms with Crippen LogP contribution in [0.5, 0.6) is 5.75 Å². The van der Waals surface area contributed by atoms with Crippen molar-refractivity contribution in [1.29, 1.82) is 0 Å². The van der Waals surface area contributed by atoms with E-state index in [1.165, 1.54) is 42.9 Å². The molecule has 2 N–H and O–H groups in total. The summed E-state index contributed by atoms with van der Waals surface area (Å²) >= 11 is 1.25. The third-order valence-corrected chi connectivity index (χ3v) is 6.22. The van der Waals surface area contributed by atoms with Crippen LogP contribution in [0.1, 0.15) is 28.9 Å². The van der Waals surface area contributed by atoms with Gasteiger partial charge >= 0.3 is 0 Å². The van der Waals surface area contributed by atoms with Crippen LogP contribution in [0.15, 0.2) is 53.2 Å². The molecule has 2 aromatic carbocycles. The second-order valence-corrected chi connectivity index (χ2v) is 8.32. The van der Waals surface area contributed by atoms with Crippen LogP contribution in [0.2, 0.25) is 0 Å². The molecule has 4 aromatic rings. The van der Waals surface area contributed by atoms with E-state index < -0.39 is 0 Å². The molecule has 0 aliphatic carbocycles. The molecule has 8 heteroatoms. The number of rotatable bonds is 4. The lowest BCUT2D eigenvalue weighted by Crippen LogP contribution is -2.29. The number of fused-ring (bicyclic) bond motifs is 1. The number of aromatic nitrogens is 2. The number of hydrogen-bond acceptors (Lipinski definition) is 7. The SMILES string of the molecule is O=C(Nc1cccc(O)c1)c1cnc(-c2noc3cc(N4CCCCC4)ccc23)s1. The highest BCUT2D eigenvalue weighted by Crippen LogP contribution is 2.34. The van der Waals surface area contributed by atoms with Gasteiger partial charge in [-0.15, -0.1) is 11.3 Å². The molecular weight excluding hydrogens is 400 g/mol. The van der Waals surface area contributed by atoms with Crippen molar-refractivity contribution in [2.75, 3.05) is 23.3 Å². The van der Waals surface area contributed by atoms with E-state index in [4.69, 9.17) is 4.52 Å². The average Bonchev–Trinajstić information content (AvgIpc) is 3.41. The van der Waals surface area contributed by atoms with Crippen molar-refractivity contribution in [2.45, 2.75) is 19.3 Å². The van der Waals surface area contributed by atoms with Crippen molar-refractivity contribution >= 4 is 39.6 Å². The Morgan fingerprint density at radius 3 is 2.83 bits per heavy atom. The lowest BCUT2D eigenvalue weighted by molar-refractivity contribution is 0.103. The Labute approximate surface area is 177 Å². The second kappa shape index (κ2) is 7.79. The molecule has 1 aliphatic rings. The summed E-state index contributed by atoms with van der Waals surface area (Å²) in [7, 11) is 0. The number of nitrogens with one attached hydrogen (secondary N) is 1. The Morgan fingerprint density at radius 2 is 2.00 bits per heavy atom. The van der Waals surface area contributed by atoms with E-state index >= 15 is 0 Å². The molecule has 30 heavy (non-hydrogen) atoms. The smallest absolute Gasteiger partial charge is 0.267 e. The predicted molar refractivity (Wildman–Crippen MR) is 117 cm³/mol. The molecule has 5 rings (SSSR count). The van der Waals surface area contributed by atoms with Gasteiger partial charge in [-0.05, 0) is 43.5 Å². The van der Waals surface area contributed by atoms with E-state index in [-0.39, 0.29) is 11.7 Å². The number of phenols is 1. The molecule has 1 amide bonds. The number of amides is 1. The number of thiazole rings is 1. The van der Waals surface area contributed by atoms with E-state index in [2.05, 4.69) is 26.4 Å². The van der Waals surface area contributed by atoms with Crippen LogP contribution in [0.25, 0.3) is 21.7 Å². The molecule has 2 aromatic heterocycles. The molecule has 0 atom stereocenters. The van der Waals surface area contributed by atoms with Gasteiger partial charge in [-0.25, -0.2) is 4.98 Å². The molecule has 1 saturated heterocycles. The maximum absolute atomic E-state index is 12.5. The van der Waals surface area contributed by atoms with Crippen LogP contribution in [0, 0.1) is 0 Å². The highest BCUT2D eigenvalue weighted by Gasteiger charge is 2.19. The van der Waals surface area contributed by atoms with Gasteiger partial charge in [0.1, 0.15) is 21.3 Å². The average molecular weight is 420 g/mol. The van der Waals surface area contributed by atoms with Gasteiger partial charge in [-0.2, -0.15) is 0 Å². The zero-order valence-corrected chi connectivity index (χ0v) is 17.0. The summed E-state index contributed by atoms with van der Waals surface area (Å²) in [6, 6.07) is 12.6. The third-order valence-electron chi connectivity index (χ3n) is 5.21. The summed E-state index contributed by atoms with van der Waals surface area (Å²) < 4.78 is 5.58. The number of anilines is 2. The number of carbonyl (C=O) groups excluding carboxylic acids is 1. The van der Waals surface area contributed by atoms with Gasteiger partial charge in [-0.3, -0.25) is 4.79 Å². The number of benzene rings is 2. The van der Waals surface area contributed by atoms with Crippen LogP contribution in [-0.4, -0.2) is 34.2 Å². The summed E-state index contributed by atoms with van der Waals surface area (Å²) in [6.45, 7) is 2.13.